The molecule has 0 spiro atoms. The van der Waals surface area contributed by atoms with Crippen molar-refractivity contribution in [3.05, 3.63) is 35.9 Å². The molecule has 136 valence electrons. The standard InChI is InChI=1S/C18H27N3O.2ClH/c19-17(15-6-7-15)12-20-18(22)16-8-10-21(11-9-16)13-14-4-2-1-3-5-14;;/h1-5,15-17H,6-13,19H2,(H,20,22);2*1H. The third-order valence-corrected chi connectivity index (χ3v) is 4.95. The van der Waals surface area contributed by atoms with Gasteiger partial charge in [0.2, 0.25) is 5.91 Å². The minimum absolute atomic E-state index is 0. The summed E-state index contributed by atoms with van der Waals surface area (Å²) in [6.45, 7) is 3.64. The van der Waals surface area contributed by atoms with Crippen molar-refractivity contribution < 1.29 is 4.79 Å². The second kappa shape index (κ2) is 10.2. The topological polar surface area (TPSA) is 58.4 Å². The summed E-state index contributed by atoms with van der Waals surface area (Å²) in [6, 6.07) is 10.7. The van der Waals surface area contributed by atoms with Crippen LogP contribution in [0, 0.1) is 11.8 Å². The quantitative estimate of drug-likeness (QED) is 0.805. The fourth-order valence-electron chi connectivity index (χ4n) is 3.25. The molecule has 3 N–H and O–H groups in total. The van der Waals surface area contributed by atoms with Crippen LogP contribution < -0.4 is 11.1 Å². The number of carbonyl (C=O) groups excluding carboxylic acids is 1. The van der Waals surface area contributed by atoms with E-state index in [2.05, 4.69) is 34.5 Å². The first-order valence-electron chi connectivity index (χ1n) is 8.52. The third kappa shape index (κ3) is 6.25. The molecule has 1 aromatic rings. The van der Waals surface area contributed by atoms with Crippen LogP contribution in [0.2, 0.25) is 0 Å². The van der Waals surface area contributed by atoms with Gasteiger partial charge in [-0.25, -0.2) is 0 Å². The molecule has 1 saturated heterocycles. The predicted molar refractivity (Wildman–Crippen MR) is 103 cm³/mol. The number of carbonyl (C=O) groups is 1. The Labute approximate surface area is 157 Å². The highest BCUT2D eigenvalue weighted by Crippen LogP contribution is 2.31. The van der Waals surface area contributed by atoms with Crippen molar-refractivity contribution >= 4 is 30.7 Å². The molecule has 0 bridgehead atoms. The number of nitrogens with zero attached hydrogens (tertiary/aromatic N) is 1. The number of hydrogen-bond donors (Lipinski definition) is 2. The number of amides is 1. The first-order valence-corrected chi connectivity index (χ1v) is 8.52. The summed E-state index contributed by atoms with van der Waals surface area (Å²) in [5, 5.41) is 3.06. The fourth-order valence-corrected chi connectivity index (χ4v) is 3.25. The van der Waals surface area contributed by atoms with Crippen LogP contribution in [0.3, 0.4) is 0 Å². The number of nitrogens with one attached hydrogen (secondary N) is 1. The van der Waals surface area contributed by atoms with Crippen LogP contribution in [0.1, 0.15) is 31.2 Å². The maximum Gasteiger partial charge on any atom is 0.223 e. The molecular formula is C18H29Cl2N3O. The number of piperidine rings is 1. The number of halogens is 2. The van der Waals surface area contributed by atoms with Crippen LogP contribution in [0.4, 0.5) is 0 Å². The molecule has 1 heterocycles. The summed E-state index contributed by atoms with van der Waals surface area (Å²) < 4.78 is 0. The number of hydrogen-bond acceptors (Lipinski definition) is 3. The monoisotopic (exact) mass is 373 g/mol. The maximum atomic E-state index is 12.2. The van der Waals surface area contributed by atoms with Crippen molar-refractivity contribution in [1.29, 1.82) is 0 Å². The summed E-state index contributed by atoms with van der Waals surface area (Å²) in [5.41, 5.74) is 7.39. The van der Waals surface area contributed by atoms with Crippen LogP contribution in [-0.2, 0) is 11.3 Å². The number of likely N-dealkylation sites (tertiary alicyclic amines) is 1. The van der Waals surface area contributed by atoms with Crippen LogP contribution in [0.25, 0.3) is 0 Å². The van der Waals surface area contributed by atoms with E-state index in [9.17, 15) is 4.79 Å². The second-order valence-corrected chi connectivity index (χ2v) is 6.78. The number of nitrogens with two attached hydrogens (primary N) is 1. The van der Waals surface area contributed by atoms with Gasteiger partial charge in [0.15, 0.2) is 0 Å². The van der Waals surface area contributed by atoms with E-state index in [1.807, 2.05) is 6.07 Å². The summed E-state index contributed by atoms with van der Waals surface area (Å²) in [5.74, 6) is 1.02. The molecule has 2 aliphatic rings. The Kier molecular flexibility index (Phi) is 9.06. The lowest BCUT2D eigenvalue weighted by atomic mass is 9.95. The van der Waals surface area contributed by atoms with Gasteiger partial charge in [-0.1, -0.05) is 30.3 Å². The summed E-state index contributed by atoms with van der Waals surface area (Å²) in [6.07, 6.45) is 4.37. The highest BCUT2D eigenvalue weighted by atomic mass is 35.5. The highest BCUT2D eigenvalue weighted by Gasteiger charge is 2.30. The second-order valence-electron chi connectivity index (χ2n) is 6.78. The number of benzene rings is 1. The summed E-state index contributed by atoms with van der Waals surface area (Å²) >= 11 is 0. The lowest BCUT2D eigenvalue weighted by Gasteiger charge is -2.31. The van der Waals surface area contributed by atoms with E-state index >= 15 is 0 Å². The van der Waals surface area contributed by atoms with Gasteiger partial charge in [-0.05, 0) is 50.3 Å². The van der Waals surface area contributed by atoms with Gasteiger partial charge in [0.25, 0.3) is 0 Å². The van der Waals surface area contributed by atoms with E-state index in [4.69, 9.17) is 5.73 Å². The van der Waals surface area contributed by atoms with E-state index in [0.29, 0.717) is 12.5 Å². The molecule has 3 rings (SSSR count). The third-order valence-electron chi connectivity index (χ3n) is 4.95. The van der Waals surface area contributed by atoms with Crippen molar-refractivity contribution in [3.63, 3.8) is 0 Å². The Bertz CT molecular complexity index is 488. The molecule has 1 aliphatic carbocycles. The smallest absolute Gasteiger partial charge is 0.223 e. The number of rotatable bonds is 6. The first-order chi connectivity index (χ1) is 10.7. The van der Waals surface area contributed by atoms with Crippen LogP contribution >= 0.6 is 24.8 Å². The predicted octanol–water partition coefficient (Wildman–Crippen LogP) is 2.60. The van der Waals surface area contributed by atoms with Crippen molar-refractivity contribution in [1.82, 2.24) is 10.2 Å². The molecule has 1 saturated carbocycles. The van der Waals surface area contributed by atoms with Gasteiger partial charge >= 0.3 is 0 Å². The van der Waals surface area contributed by atoms with Gasteiger partial charge in [0, 0.05) is 25.0 Å². The van der Waals surface area contributed by atoms with Gasteiger partial charge in [0.1, 0.15) is 0 Å². The van der Waals surface area contributed by atoms with E-state index in [1.54, 1.807) is 0 Å². The molecule has 1 aliphatic heterocycles. The van der Waals surface area contributed by atoms with Crippen molar-refractivity contribution in [3.8, 4) is 0 Å². The molecule has 24 heavy (non-hydrogen) atoms. The van der Waals surface area contributed by atoms with E-state index in [0.717, 1.165) is 32.5 Å². The van der Waals surface area contributed by atoms with Gasteiger partial charge in [-0.15, -0.1) is 24.8 Å². The minimum Gasteiger partial charge on any atom is -0.354 e. The molecule has 1 aromatic carbocycles. The van der Waals surface area contributed by atoms with E-state index in [1.165, 1.54) is 18.4 Å². The Morgan fingerprint density at radius 2 is 1.75 bits per heavy atom. The Morgan fingerprint density at radius 1 is 1.12 bits per heavy atom. The SMILES string of the molecule is Cl.Cl.NC(CNC(=O)C1CCN(Cc2ccccc2)CC1)C1CC1. The van der Waals surface area contributed by atoms with E-state index < -0.39 is 0 Å². The van der Waals surface area contributed by atoms with Crippen molar-refractivity contribution in [2.45, 2.75) is 38.3 Å². The summed E-state index contributed by atoms with van der Waals surface area (Å²) in [4.78, 5) is 14.7. The lowest BCUT2D eigenvalue weighted by molar-refractivity contribution is -0.126. The van der Waals surface area contributed by atoms with Crippen molar-refractivity contribution in [2.75, 3.05) is 19.6 Å². The molecule has 2 fully saturated rings. The van der Waals surface area contributed by atoms with Gasteiger partial charge in [-0.3, -0.25) is 9.69 Å². The Hall–Kier alpha value is -0.810. The van der Waals surface area contributed by atoms with Gasteiger partial charge in [-0.2, -0.15) is 0 Å². The Balaban J connectivity index is 0.00000144. The average molecular weight is 374 g/mol. The maximum absolute atomic E-state index is 12.2. The Morgan fingerprint density at radius 3 is 2.33 bits per heavy atom. The molecule has 1 unspecified atom stereocenters. The minimum atomic E-state index is 0. The zero-order valence-corrected chi connectivity index (χ0v) is 15.7. The zero-order chi connectivity index (χ0) is 15.4. The van der Waals surface area contributed by atoms with Gasteiger partial charge in [0.05, 0.1) is 0 Å². The summed E-state index contributed by atoms with van der Waals surface area (Å²) in [7, 11) is 0. The van der Waals surface area contributed by atoms with Crippen LogP contribution in [0.5, 0.6) is 0 Å². The lowest BCUT2D eigenvalue weighted by Crippen LogP contribution is -2.44. The molecular weight excluding hydrogens is 345 g/mol. The molecule has 0 radical (unpaired) electrons. The van der Waals surface area contributed by atoms with Crippen LogP contribution in [-0.4, -0.2) is 36.5 Å². The molecule has 0 aromatic heterocycles. The largest absolute Gasteiger partial charge is 0.354 e. The van der Waals surface area contributed by atoms with Crippen LogP contribution in [0.15, 0.2) is 30.3 Å². The molecule has 4 nitrogen and oxygen atoms in total. The molecule has 1 amide bonds. The average Bonchev–Trinajstić information content (AvgIpc) is 3.39. The normalized spacial score (nSPS) is 19.7. The zero-order valence-electron chi connectivity index (χ0n) is 14.0. The van der Waals surface area contributed by atoms with E-state index in [-0.39, 0.29) is 42.7 Å². The fraction of sp³-hybridized carbons (Fsp3) is 0.611. The molecule has 1 atom stereocenters. The first kappa shape index (κ1) is 21.2. The highest BCUT2D eigenvalue weighted by molar-refractivity contribution is 5.85. The van der Waals surface area contributed by atoms with Crippen molar-refractivity contribution in [2.24, 2.45) is 17.6 Å². The van der Waals surface area contributed by atoms with Gasteiger partial charge < -0.3 is 11.1 Å². The molecule has 6 heteroatoms.